The molecule has 0 aliphatic heterocycles. The van der Waals surface area contributed by atoms with Gasteiger partial charge in [-0.3, -0.25) is 4.79 Å². The number of halogens is 2. The fraction of sp³-hybridized carbons (Fsp3) is 0.278. The second kappa shape index (κ2) is 9.65. The molecule has 0 saturated heterocycles. The number of benzene rings is 2. The summed E-state index contributed by atoms with van der Waals surface area (Å²) in [5, 5.41) is 2.80. The molecule has 25 heavy (non-hydrogen) atoms. The van der Waals surface area contributed by atoms with Gasteiger partial charge in [0.2, 0.25) is 5.91 Å². The molecule has 0 heterocycles. The van der Waals surface area contributed by atoms with Gasteiger partial charge in [-0.15, -0.1) is 12.4 Å². The Labute approximate surface area is 162 Å². The Hall–Kier alpha value is -1.76. The molecule has 1 amide bonds. The van der Waals surface area contributed by atoms with E-state index in [2.05, 4.69) is 21.2 Å². The van der Waals surface area contributed by atoms with Crippen LogP contribution in [0.15, 0.2) is 53.0 Å². The van der Waals surface area contributed by atoms with Crippen molar-refractivity contribution in [3.8, 4) is 11.5 Å². The van der Waals surface area contributed by atoms with Crippen molar-refractivity contribution in [2.24, 2.45) is 5.73 Å². The average molecular weight is 430 g/mol. The number of hydrogen-bond donors (Lipinski definition) is 2. The zero-order valence-electron chi connectivity index (χ0n) is 14.1. The third-order valence-electron chi connectivity index (χ3n) is 3.63. The maximum Gasteiger partial charge on any atom is 0.244 e. The van der Waals surface area contributed by atoms with Crippen molar-refractivity contribution in [1.82, 2.24) is 5.32 Å². The summed E-state index contributed by atoms with van der Waals surface area (Å²) in [6.45, 7) is 2.42. The lowest BCUT2D eigenvalue weighted by molar-refractivity contribution is -0.126. The molecule has 2 aromatic rings. The molecule has 0 spiro atoms. The molecule has 1 atom stereocenters. The van der Waals surface area contributed by atoms with Gasteiger partial charge in [0.1, 0.15) is 23.6 Å². The standard InChI is InChI=1S/C18H21BrN2O3.ClH/c1-18(20,13-3-5-14(19)6-4-13)17(22)21-11-12-24-16-9-7-15(23-2)8-10-16;/h3-10H,11-12,20H2,1-2H3,(H,21,22);1H. The van der Waals surface area contributed by atoms with E-state index in [1.165, 1.54) is 0 Å². The van der Waals surface area contributed by atoms with E-state index in [-0.39, 0.29) is 18.3 Å². The van der Waals surface area contributed by atoms with Gasteiger partial charge in [0.25, 0.3) is 0 Å². The van der Waals surface area contributed by atoms with Crippen molar-refractivity contribution >= 4 is 34.2 Å². The zero-order valence-corrected chi connectivity index (χ0v) is 16.5. The van der Waals surface area contributed by atoms with E-state index in [0.29, 0.717) is 18.9 Å². The van der Waals surface area contributed by atoms with Gasteiger partial charge < -0.3 is 20.5 Å². The van der Waals surface area contributed by atoms with Crippen LogP contribution in [0.2, 0.25) is 0 Å². The minimum atomic E-state index is -1.10. The molecule has 7 heteroatoms. The van der Waals surface area contributed by atoms with Gasteiger partial charge in [-0.05, 0) is 48.9 Å². The van der Waals surface area contributed by atoms with Crippen LogP contribution in [0.4, 0.5) is 0 Å². The first-order valence-electron chi connectivity index (χ1n) is 7.53. The molecule has 0 aliphatic rings. The maximum absolute atomic E-state index is 12.3. The normalized spacial score (nSPS) is 12.5. The number of carbonyl (C=O) groups is 1. The van der Waals surface area contributed by atoms with E-state index in [1.54, 1.807) is 14.0 Å². The van der Waals surface area contributed by atoms with Gasteiger partial charge in [-0.25, -0.2) is 0 Å². The summed E-state index contributed by atoms with van der Waals surface area (Å²) in [4.78, 5) is 12.3. The van der Waals surface area contributed by atoms with Crippen LogP contribution in [-0.2, 0) is 10.3 Å². The van der Waals surface area contributed by atoms with Crippen LogP contribution in [-0.4, -0.2) is 26.2 Å². The lowest BCUT2D eigenvalue weighted by Crippen LogP contribution is -2.49. The molecule has 3 N–H and O–H groups in total. The molecule has 1 unspecified atom stereocenters. The fourth-order valence-corrected chi connectivity index (χ4v) is 2.38. The number of ether oxygens (including phenoxy) is 2. The Balaban J connectivity index is 0.00000312. The van der Waals surface area contributed by atoms with E-state index in [0.717, 1.165) is 15.8 Å². The molecule has 0 fully saturated rings. The van der Waals surface area contributed by atoms with E-state index in [1.807, 2.05) is 48.5 Å². The van der Waals surface area contributed by atoms with Gasteiger partial charge in [-0.2, -0.15) is 0 Å². The topological polar surface area (TPSA) is 73.6 Å². The van der Waals surface area contributed by atoms with E-state index in [4.69, 9.17) is 15.2 Å². The van der Waals surface area contributed by atoms with Crippen molar-refractivity contribution in [3.05, 3.63) is 58.6 Å². The predicted octanol–water partition coefficient (Wildman–Crippen LogP) is 3.25. The summed E-state index contributed by atoms with van der Waals surface area (Å²) in [6.07, 6.45) is 0. The minimum absolute atomic E-state index is 0. The molecule has 0 aliphatic carbocycles. The van der Waals surface area contributed by atoms with Gasteiger partial charge in [0.15, 0.2) is 0 Å². The Morgan fingerprint density at radius 1 is 1.12 bits per heavy atom. The van der Waals surface area contributed by atoms with Gasteiger partial charge in [-0.1, -0.05) is 28.1 Å². The summed E-state index contributed by atoms with van der Waals surface area (Å²) in [5.41, 5.74) is 5.83. The van der Waals surface area contributed by atoms with Crippen LogP contribution in [0, 0.1) is 0 Å². The summed E-state index contributed by atoms with van der Waals surface area (Å²) in [7, 11) is 1.61. The number of carbonyl (C=O) groups excluding carboxylic acids is 1. The Morgan fingerprint density at radius 2 is 1.68 bits per heavy atom. The van der Waals surface area contributed by atoms with Crippen molar-refractivity contribution in [3.63, 3.8) is 0 Å². The van der Waals surface area contributed by atoms with E-state index in [9.17, 15) is 4.79 Å². The van der Waals surface area contributed by atoms with Crippen molar-refractivity contribution < 1.29 is 14.3 Å². The predicted molar refractivity (Wildman–Crippen MR) is 104 cm³/mol. The average Bonchev–Trinajstić information content (AvgIpc) is 2.59. The third kappa shape index (κ3) is 5.92. The van der Waals surface area contributed by atoms with E-state index >= 15 is 0 Å². The van der Waals surface area contributed by atoms with Crippen molar-refractivity contribution in [1.29, 1.82) is 0 Å². The fourth-order valence-electron chi connectivity index (χ4n) is 2.12. The van der Waals surface area contributed by atoms with Crippen LogP contribution >= 0.6 is 28.3 Å². The Bertz CT molecular complexity index is 676. The molecular weight excluding hydrogens is 408 g/mol. The Kier molecular flexibility index (Phi) is 8.22. The number of rotatable bonds is 7. The number of hydrogen-bond acceptors (Lipinski definition) is 4. The van der Waals surface area contributed by atoms with Crippen LogP contribution < -0.4 is 20.5 Å². The molecule has 0 bridgehead atoms. The SMILES string of the molecule is COc1ccc(OCCNC(=O)C(C)(N)c2ccc(Br)cc2)cc1.Cl. The lowest BCUT2D eigenvalue weighted by Gasteiger charge is -2.24. The Morgan fingerprint density at radius 3 is 2.24 bits per heavy atom. The quantitative estimate of drug-likeness (QED) is 0.663. The highest BCUT2D eigenvalue weighted by molar-refractivity contribution is 9.10. The largest absolute Gasteiger partial charge is 0.497 e. The molecule has 0 aromatic heterocycles. The van der Waals surface area contributed by atoms with Crippen LogP contribution in [0.5, 0.6) is 11.5 Å². The molecule has 2 rings (SSSR count). The molecule has 2 aromatic carbocycles. The van der Waals surface area contributed by atoms with Gasteiger partial charge >= 0.3 is 0 Å². The third-order valence-corrected chi connectivity index (χ3v) is 4.16. The molecule has 0 saturated carbocycles. The van der Waals surface area contributed by atoms with Gasteiger partial charge in [0, 0.05) is 4.47 Å². The second-order valence-electron chi connectivity index (χ2n) is 5.49. The first-order valence-corrected chi connectivity index (χ1v) is 8.33. The highest BCUT2D eigenvalue weighted by Crippen LogP contribution is 2.20. The summed E-state index contributed by atoms with van der Waals surface area (Å²) in [6, 6.07) is 14.7. The highest BCUT2D eigenvalue weighted by Gasteiger charge is 2.30. The maximum atomic E-state index is 12.3. The first-order chi connectivity index (χ1) is 11.4. The first kappa shape index (κ1) is 21.3. The number of nitrogens with one attached hydrogen (secondary N) is 1. The number of methoxy groups -OCH3 is 1. The zero-order chi connectivity index (χ0) is 17.6. The van der Waals surface area contributed by atoms with Crippen LogP contribution in [0.1, 0.15) is 12.5 Å². The number of nitrogens with two attached hydrogens (primary N) is 1. The van der Waals surface area contributed by atoms with Gasteiger partial charge in [0.05, 0.1) is 13.7 Å². The molecule has 136 valence electrons. The summed E-state index contributed by atoms with van der Waals surface area (Å²) in [5.74, 6) is 1.24. The van der Waals surface area contributed by atoms with Crippen LogP contribution in [0.25, 0.3) is 0 Å². The summed E-state index contributed by atoms with van der Waals surface area (Å²) >= 11 is 3.37. The second-order valence-corrected chi connectivity index (χ2v) is 6.40. The smallest absolute Gasteiger partial charge is 0.244 e. The molecular formula is C18H22BrClN2O3. The van der Waals surface area contributed by atoms with Crippen molar-refractivity contribution in [2.75, 3.05) is 20.3 Å². The van der Waals surface area contributed by atoms with E-state index < -0.39 is 5.54 Å². The highest BCUT2D eigenvalue weighted by atomic mass is 79.9. The minimum Gasteiger partial charge on any atom is -0.497 e. The summed E-state index contributed by atoms with van der Waals surface area (Å²) < 4.78 is 11.6. The van der Waals surface area contributed by atoms with Crippen molar-refractivity contribution in [2.45, 2.75) is 12.5 Å². The monoisotopic (exact) mass is 428 g/mol. The molecule has 0 radical (unpaired) electrons. The number of amides is 1. The molecule has 5 nitrogen and oxygen atoms in total. The van der Waals surface area contributed by atoms with Crippen LogP contribution in [0.3, 0.4) is 0 Å². The lowest BCUT2D eigenvalue weighted by atomic mass is 9.92.